The molecule has 2 atom stereocenters. The van der Waals surface area contributed by atoms with E-state index in [1.165, 1.54) is 24.8 Å². The van der Waals surface area contributed by atoms with E-state index in [-0.39, 0.29) is 30.3 Å². The van der Waals surface area contributed by atoms with Crippen LogP contribution in [0, 0.1) is 11.8 Å². The second-order valence-corrected chi connectivity index (χ2v) is 8.20. The van der Waals surface area contributed by atoms with E-state index in [0.717, 1.165) is 24.9 Å². The van der Waals surface area contributed by atoms with Crippen LogP contribution in [0.15, 0.2) is 24.3 Å². The quantitative estimate of drug-likeness (QED) is 0.828. The number of halogens is 1. The van der Waals surface area contributed by atoms with Crippen molar-refractivity contribution >= 4 is 29.9 Å². The number of carbonyl (C=O) groups is 2. The van der Waals surface area contributed by atoms with Gasteiger partial charge in [0.2, 0.25) is 11.8 Å². The van der Waals surface area contributed by atoms with Crippen molar-refractivity contribution in [1.29, 1.82) is 0 Å². The van der Waals surface area contributed by atoms with Crippen molar-refractivity contribution in [3.05, 3.63) is 29.8 Å². The van der Waals surface area contributed by atoms with Crippen LogP contribution >= 0.6 is 12.4 Å². The van der Waals surface area contributed by atoms with Gasteiger partial charge in [-0.2, -0.15) is 0 Å². The fourth-order valence-electron chi connectivity index (χ4n) is 5.24. The fourth-order valence-corrected chi connectivity index (χ4v) is 5.24. The molecule has 5 nitrogen and oxygen atoms in total. The zero-order chi connectivity index (χ0) is 18.1. The zero-order valence-corrected chi connectivity index (χ0v) is 16.5. The molecule has 2 aliphatic carbocycles. The summed E-state index contributed by atoms with van der Waals surface area (Å²) in [7, 11) is 0. The number of hydrogen-bond acceptors (Lipinski definition) is 3. The van der Waals surface area contributed by atoms with Crippen LogP contribution in [0.1, 0.15) is 50.5 Å². The molecular formula is C21H30ClN3O2. The fraction of sp³-hybridized carbons (Fsp3) is 0.619. The Morgan fingerprint density at radius 1 is 1.15 bits per heavy atom. The number of benzene rings is 1. The van der Waals surface area contributed by atoms with Crippen LogP contribution in [-0.4, -0.2) is 30.4 Å². The molecular weight excluding hydrogens is 362 g/mol. The highest BCUT2D eigenvalue weighted by molar-refractivity contribution is 5.97. The maximum absolute atomic E-state index is 12.6. The van der Waals surface area contributed by atoms with Crippen LogP contribution in [0.4, 0.5) is 5.69 Å². The number of carbonyl (C=O) groups excluding carboxylic acids is 2. The van der Waals surface area contributed by atoms with E-state index in [0.29, 0.717) is 37.3 Å². The molecule has 148 valence electrons. The normalized spacial score (nSPS) is 29.5. The van der Waals surface area contributed by atoms with Gasteiger partial charge in [0.05, 0.1) is 0 Å². The molecule has 1 aromatic carbocycles. The lowest BCUT2D eigenvalue weighted by Crippen LogP contribution is -2.54. The van der Waals surface area contributed by atoms with Crippen molar-refractivity contribution in [2.24, 2.45) is 17.6 Å². The third-order valence-corrected chi connectivity index (χ3v) is 6.46. The van der Waals surface area contributed by atoms with Gasteiger partial charge in [0.1, 0.15) is 0 Å². The van der Waals surface area contributed by atoms with Gasteiger partial charge in [-0.05, 0) is 55.6 Å². The summed E-state index contributed by atoms with van der Waals surface area (Å²) in [5.41, 5.74) is 8.34. The van der Waals surface area contributed by atoms with Crippen LogP contribution < -0.4 is 16.0 Å². The Labute approximate surface area is 167 Å². The van der Waals surface area contributed by atoms with E-state index in [1.54, 1.807) is 4.90 Å². The van der Waals surface area contributed by atoms with Crippen molar-refractivity contribution in [2.45, 2.75) is 63.5 Å². The number of amides is 2. The van der Waals surface area contributed by atoms with Gasteiger partial charge in [0.25, 0.3) is 0 Å². The van der Waals surface area contributed by atoms with Crippen LogP contribution in [-0.2, 0) is 16.0 Å². The molecule has 0 radical (unpaired) electrons. The van der Waals surface area contributed by atoms with E-state index < -0.39 is 0 Å². The van der Waals surface area contributed by atoms with Crippen LogP contribution in [0.2, 0.25) is 0 Å². The standard InChI is InChI=1S/C21H29N3O2.ClH/c22-17-12-15-5-3-6-16(13-17)21(15)23-19(25)10-11-24-18-7-2-1-4-14(18)8-9-20(24)26;/h1-2,4,7,15-17,21H,3,5-6,8-13,22H2,(H,23,25);1H. The van der Waals surface area contributed by atoms with Crippen LogP contribution in [0.3, 0.4) is 0 Å². The van der Waals surface area contributed by atoms with Gasteiger partial charge in [0, 0.05) is 37.2 Å². The predicted octanol–water partition coefficient (Wildman–Crippen LogP) is 2.80. The number of nitrogens with zero attached hydrogens (tertiary/aromatic N) is 1. The maximum Gasteiger partial charge on any atom is 0.227 e. The van der Waals surface area contributed by atoms with E-state index in [9.17, 15) is 9.59 Å². The van der Waals surface area contributed by atoms with Gasteiger partial charge in [-0.25, -0.2) is 0 Å². The lowest BCUT2D eigenvalue weighted by molar-refractivity contribution is -0.123. The average molecular weight is 392 g/mol. The molecule has 2 unspecified atom stereocenters. The van der Waals surface area contributed by atoms with Crippen molar-refractivity contribution in [1.82, 2.24) is 5.32 Å². The lowest BCUT2D eigenvalue weighted by Gasteiger charge is -2.45. The SMILES string of the molecule is Cl.NC1CC2CCCC(C1)C2NC(=O)CCN1C(=O)CCc2ccccc21. The summed E-state index contributed by atoms with van der Waals surface area (Å²) < 4.78 is 0. The van der Waals surface area contributed by atoms with Crippen LogP contribution in [0.5, 0.6) is 0 Å². The third-order valence-electron chi connectivity index (χ3n) is 6.46. The molecule has 2 amide bonds. The first-order valence-corrected chi connectivity index (χ1v) is 10.0. The number of anilines is 1. The van der Waals surface area contributed by atoms with E-state index >= 15 is 0 Å². The summed E-state index contributed by atoms with van der Waals surface area (Å²) >= 11 is 0. The Hall–Kier alpha value is -1.59. The molecule has 1 aromatic rings. The Bertz CT molecular complexity index is 682. The first-order valence-electron chi connectivity index (χ1n) is 10.0. The minimum atomic E-state index is 0. The van der Waals surface area contributed by atoms with Gasteiger partial charge in [0.15, 0.2) is 0 Å². The Kier molecular flexibility index (Phi) is 6.43. The number of nitrogens with one attached hydrogen (secondary N) is 1. The zero-order valence-electron chi connectivity index (χ0n) is 15.7. The second-order valence-electron chi connectivity index (χ2n) is 8.20. The number of nitrogens with two attached hydrogens (primary N) is 1. The predicted molar refractivity (Wildman–Crippen MR) is 109 cm³/mol. The van der Waals surface area contributed by atoms with Gasteiger partial charge < -0.3 is 16.0 Å². The van der Waals surface area contributed by atoms with Crippen molar-refractivity contribution < 1.29 is 9.59 Å². The van der Waals surface area contributed by atoms with E-state index in [2.05, 4.69) is 11.4 Å². The third kappa shape index (κ3) is 4.30. The van der Waals surface area contributed by atoms with Crippen molar-refractivity contribution in [3.63, 3.8) is 0 Å². The molecule has 0 saturated heterocycles. The van der Waals surface area contributed by atoms with Gasteiger partial charge in [-0.15, -0.1) is 12.4 Å². The molecule has 4 rings (SSSR count). The first-order chi connectivity index (χ1) is 12.6. The van der Waals surface area contributed by atoms with E-state index in [1.807, 2.05) is 18.2 Å². The minimum absolute atomic E-state index is 0. The Morgan fingerprint density at radius 2 is 1.85 bits per heavy atom. The van der Waals surface area contributed by atoms with Crippen LogP contribution in [0.25, 0.3) is 0 Å². The van der Waals surface area contributed by atoms with Gasteiger partial charge >= 0.3 is 0 Å². The molecule has 6 heteroatoms. The molecule has 27 heavy (non-hydrogen) atoms. The summed E-state index contributed by atoms with van der Waals surface area (Å²) in [4.78, 5) is 26.7. The van der Waals surface area contributed by atoms with E-state index in [4.69, 9.17) is 5.73 Å². The summed E-state index contributed by atoms with van der Waals surface area (Å²) in [5, 5.41) is 3.29. The molecule has 2 bridgehead atoms. The highest BCUT2D eigenvalue weighted by Gasteiger charge is 2.39. The van der Waals surface area contributed by atoms with Gasteiger partial charge in [-0.1, -0.05) is 24.6 Å². The topological polar surface area (TPSA) is 75.4 Å². The monoisotopic (exact) mass is 391 g/mol. The van der Waals surface area contributed by atoms with Crippen molar-refractivity contribution in [2.75, 3.05) is 11.4 Å². The number of rotatable bonds is 4. The summed E-state index contributed by atoms with van der Waals surface area (Å²) in [6.45, 7) is 0.462. The number of fused-ring (bicyclic) bond motifs is 3. The molecule has 3 aliphatic rings. The van der Waals surface area contributed by atoms with Crippen molar-refractivity contribution in [3.8, 4) is 0 Å². The Morgan fingerprint density at radius 3 is 2.59 bits per heavy atom. The molecule has 1 aliphatic heterocycles. The molecule has 0 spiro atoms. The number of para-hydroxylation sites is 1. The highest BCUT2D eigenvalue weighted by Crippen LogP contribution is 2.39. The highest BCUT2D eigenvalue weighted by atomic mass is 35.5. The smallest absolute Gasteiger partial charge is 0.227 e. The Balaban J connectivity index is 0.00000210. The summed E-state index contributed by atoms with van der Waals surface area (Å²) in [5.74, 6) is 1.24. The maximum atomic E-state index is 12.6. The molecule has 2 fully saturated rings. The minimum Gasteiger partial charge on any atom is -0.353 e. The van der Waals surface area contributed by atoms with Gasteiger partial charge in [-0.3, -0.25) is 9.59 Å². The molecule has 0 aromatic heterocycles. The number of hydrogen-bond donors (Lipinski definition) is 2. The lowest BCUT2D eigenvalue weighted by atomic mass is 9.67. The summed E-state index contributed by atoms with van der Waals surface area (Å²) in [6, 6.07) is 8.59. The molecule has 2 saturated carbocycles. The molecule has 1 heterocycles. The summed E-state index contributed by atoms with van der Waals surface area (Å²) in [6.07, 6.45) is 7.35. The average Bonchev–Trinajstić information content (AvgIpc) is 2.61. The number of aryl methyl sites for hydroxylation is 1. The molecule has 3 N–H and O–H groups in total. The largest absolute Gasteiger partial charge is 0.353 e. The first kappa shape index (κ1) is 20.2. The second kappa shape index (κ2) is 8.61.